The van der Waals surface area contributed by atoms with Gasteiger partial charge < -0.3 is 24.8 Å². The standard InChI is InChI=1S/C29H29N3O6/c1-17(33)30-19-11-15-21(16-12-19)32-26(18-9-13-20(14-10-18)31(2)3)25(28(35)29(32)36)27(34)24-22(37-4)7-6-8-23(24)38-5/h6-16,26,34H,1-5H3,(H,30,33)/b27-25+. The first-order valence-corrected chi connectivity index (χ1v) is 11.8. The highest BCUT2D eigenvalue weighted by molar-refractivity contribution is 6.51. The van der Waals surface area contributed by atoms with Crippen molar-refractivity contribution in [2.24, 2.45) is 0 Å². The van der Waals surface area contributed by atoms with Gasteiger partial charge in [0, 0.05) is 38.1 Å². The molecular formula is C29H29N3O6. The number of carbonyl (C=O) groups is 3. The van der Waals surface area contributed by atoms with Crippen LogP contribution in [0.5, 0.6) is 11.5 Å². The van der Waals surface area contributed by atoms with E-state index in [1.807, 2.05) is 43.3 Å². The Kier molecular flexibility index (Phi) is 7.38. The summed E-state index contributed by atoms with van der Waals surface area (Å²) in [6.07, 6.45) is 0. The van der Waals surface area contributed by atoms with E-state index in [0.29, 0.717) is 16.9 Å². The van der Waals surface area contributed by atoms with Crippen molar-refractivity contribution in [1.29, 1.82) is 0 Å². The predicted molar refractivity (Wildman–Crippen MR) is 146 cm³/mol. The van der Waals surface area contributed by atoms with Gasteiger partial charge in [-0.3, -0.25) is 19.3 Å². The number of aliphatic hydroxyl groups excluding tert-OH is 1. The molecule has 1 fully saturated rings. The van der Waals surface area contributed by atoms with Crippen LogP contribution < -0.4 is 24.6 Å². The molecule has 1 heterocycles. The number of ether oxygens (including phenoxy) is 2. The number of Topliss-reactive ketones (excluding diaryl/α,β-unsaturated/α-hetero) is 1. The lowest BCUT2D eigenvalue weighted by atomic mass is 9.94. The van der Waals surface area contributed by atoms with E-state index < -0.39 is 23.5 Å². The first-order valence-electron chi connectivity index (χ1n) is 11.8. The Hall–Kier alpha value is -4.79. The fraction of sp³-hybridized carbons (Fsp3) is 0.207. The van der Waals surface area contributed by atoms with Gasteiger partial charge in [0.1, 0.15) is 22.8 Å². The van der Waals surface area contributed by atoms with E-state index >= 15 is 0 Å². The molecule has 1 saturated heterocycles. The van der Waals surface area contributed by atoms with Gasteiger partial charge in [0.05, 0.1) is 25.8 Å². The van der Waals surface area contributed by atoms with Crippen LogP contribution in [0.25, 0.3) is 5.76 Å². The molecule has 0 aromatic heterocycles. The quantitative estimate of drug-likeness (QED) is 0.274. The molecule has 9 heteroatoms. The summed E-state index contributed by atoms with van der Waals surface area (Å²) in [5.74, 6) is -1.71. The number of nitrogens with zero attached hydrogens (tertiary/aromatic N) is 2. The lowest BCUT2D eigenvalue weighted by Crippen LogP contribution is -2.29. The maximum atomic E-state index is 13.5. The highest BCUT2D eigenvalue weighted by Gasteiger charge is 2.47. The van der Waals surface area contributed by atoms with Crippen LogP contribution in [0.4, 0.5) is 17.1 Å². The molecule has 2 N–H and O–H groups in total. The summed E-state index contributed by atoms with van der Waals surface area (Å²) in [6.45, 7) is 1.40. The Morgan fingerprint density at radius 2 is 1.50 bits per heavy atom. The summed E-state index contributed by atoms with van der Waals surface area (Å²) in [4.78, 5) is 41.7. The van der Waals surface area contributed by atoms with E-state index in [9.17, 15) is 19.5 Å². The summed E-state index contributed by atoms with van der Waals surface area (Å²) >= 11 is 0. The zero-order chi connectivity index (χ0) is 27.6. The summed E-state index contributed by atoms with van der Waals surface area (Å²) in [7, 11) is 6.70. The Morgan fingerprint density at radius 1 is 0.921 bits per heavy atom. The molecule has 2 amide bonds. The van der Waals surface area contributed by atoms with Gasteiger partial charge in [-0.15, -0.1) is 0 Å². The van der Waals surface area contributed by atoms with Crippen molar-refractivity contribution >= 4 is 40.4 Å². The SMILES string of the molecule is COc1cccc(OC)c1/C(O)=C1\C(=O)C(=O)N(c2ccc(NC(C)=O)cc2)C1c1ccc(N(C)C)cc1. The summed E-state index contributed by atoms with van der Waals surface area (Å²) < 4.78 is 10.9. The maximum absolute atomic E-state index is 13.5. The van der Waals surface area contributed by atoms with E-state index in [-0.39, 0.29) is 28.5 Å². The van der Waals surface area contributed by atoms with E-state index in [1.54, 1.807) is 42.5 Å². The third-order valence-corrected chi connectivity index (χ3v) is 6.30. The van der Waals surface area contributed by atoms with Crippen LogP contribution in [0.15, 0.2) is 72.3 Å². The minimum atomic E-state index is -0.938. The van der Waals surface area contributed by atoms with Gasteiger partial charge in [-0.1, -0.05) is 18.2 Å². The van der Waals surface area contributed by atoms with Crippen molar-refractivity contribution in [3.63, 3.8) is 0 Å². The number of amides is 2. The molecule has 0 spiro atoms. The molecule has 9 nitrogen and oxygen atoms in total. The minimum absolute atomic E-state index is 0.0960. The van der Waals surface area contributed by atoms with Gasteiger partial charge in [-0.05, 0) is 54.1 Å². The Labute approximate surface area is 220 Å². The predicted octanol–water partition coefficient (Wildman–Crippen LogP) is 4.35. The zero-order valence-corrected chi connectivity index (χ0v) is 21.8. The Balaban J connectivity index is 1.94. The van der Waals surface area contributed by atoms with Crippen molar-refractivity contribution in [3.8, 4) is 11.5 Å². The molecule has 3 aromatic rings. The van der Waals surface area contributed by atoms with Crippen molar-refractivity contribution < 1.29 is 29.0 Å². The highest BCUT2D eigenvalue weighted by atomic mass is 16.5. The Morgan fingerprint density at radius 3 is 2.00 bits per heavy atom. The molecule has 1 aliphatic rings. The van der Waals surface area contributed by atoms with Crippen LogP contribution >= 0.6 is 0 Å². The Bertz CT molecular complexity index is 1390. The van der Waals surface area contributed by atoms with E-state index in [0.717, 1.165) is 5.69 Å². The fourth-order valence-electron chi connectivity index (χ4n) is 4.50. The van der Waals surface area contributed by atoms with Gasteiger partial charge >= 0.3 is 0 Å². The molecular weight excluding hydrogens is 486 g/mol. The summed E-state index contributed by atoms with van der Waals surface area (Å²) in [5.41, 5.74) is 2.60. The maximum Gasteiger partial charge on any atom is 0.300 e. The number of nitrogens with one attached hydrogen (secondary N) is 1. The number of ketones is 1. The molecule has 4 rings (SSSR count). The van der Waals surface area contributed by atoms with Crippen LogP contribution in [0.2, 0.25) is 0 Å². The number of rotatable bonds is 7. The number of hydrogen-bond donors (Lipinski definition) is 2. The average molecular weight is 516 g/mol. The molecule has 0 saturated carbocycles. The topological polar surface area (TPSA) is 108 Å². The second-order valence-corrected chi connectivity index (χ2v) is 8.92. The van der Waals surface area contributed by atoms with Gasteiger partial charge in [0.2, 0.25) is 5.91 Å². The second kappa shape index (κ2) is 10.7. The minimum Gasteiger partial charge on any atom is -0.506 e. The van der Waals surface area contributed by atoms with Crippen molar-refractivity contribution in [2.75, 3.05) is 43.4 Å². The number of benzene rings is 3. The van der Waals surface area contributed by atoms with E-state index in [4.69, 9.17) is 9.47 Å². The van der Waals surface area contributed by atoms with E-state index in [1.165, 1.54) is 26.0 Å². The second-order valence-electron chi connectivity index (χ2n) is 8.92. The molecule has 196 valence electrons. The normalized spacial score (nSPS) is 16.3. The molecule has 1 atom stereocenters. The highest BCUT2D eigenvalue weighted by Crippen LogP contribution is 2.45. The molecule has 0 radical (unpaired) electrons. The van der Waals surface area contributed by atoms with Crippen LogP contribution in [-0.2, 0) is 14.4 Å². The first-order chi connectivity index (χ1) is 18.2. The number of hydrogen-bond acceptors (Lipinski definition) is 7. The van der Waals surface area contributed by atoms with Gasteiger partial charge in [-0.2, -0.15) is 0 Å². The molecule has 3 aromatic carbocycles. The zero-order valence-electron chi connectivity index (χ0n) is 21.8. The van der Waals surface area contributed by atoms with Crippen LogP contribution in [0.3, 0.4) is 0 Å². The molecule has 1 unspecified atom stereocenters. The number of carbonyl (C=O) groups excluding carboxylic acids is 3. The lowest BCUT2D eigenvalue weighted by molar-refractivity contribution is -0.132. The first kappa shape index (κ1) is 26.3. The number of methoxy groups -OCH3 is 2. The third kappa shape index (κ3) is 4.78. The van der Waals surface area contributed by atoms with Crippen molar-refractivity contribution in [2.45, 2.75) is 13.0 Å². The monoisotopic (exact) mass is 515 g/mol. The summed E-state index contributed by atoms with van der Waals surface area (Å²) in [6, 6.07) is 18.0. The average Bonchev–Trinajstić information content (AvgIpc) is 3.18. The smallest absolute Gasteiger partial charge is 0.300 e. The van der Waals surface area contributed by atoms with Crippen molar-refractivity contribution in [3.05, 3.63) is 83.4 Å². The summed E-state index contributed by atoms with van der Waals surface area (Å²) in [5, 5.41) is 14.3. The van der Waals surface area contributed by atoms with Gasteiger partial charge in [0.15, 0.2) is 0 Å². The van der Waals surface area contributed by atoms with Gasteiger partial charge in [-0.25, -0.2) is 0 Å². The number of aliphatic hydroxyl groups is 1. The van der Waals surface area contributed by atoms with Crippen molar-refractivity contribution in [1.82, 2.24) is 0 Å². The van der Waals surface area contributed by atoms with E-state index in [2.05, 4.69) is 5.32 Å². The largest absolute Gasteiger partial charge is 0.506 e. The molecule has 1 aliphatic heterocycles. The number of anilines is 3. The molecule has 38 heavy (non-hydrogen) atoms. The molecule has 0 bridgehead atoms. The molecule has 0 aliphatic carbocycles. The third-order valence-electron chi connectivity index (χ3n) is 6.30. The fourth-order valence-corrected chi connectivity index (χ4v) is 4.50. The van der Waals surface area contributed by atoms with Crippen LogP contribution in [-0.4, -0.2) is 51.0 Å². The lowest BCUT2D eigenvalue weighted by Gasteiger charge is -2.26. The van der Waals surface area contributed by atoms with Crippen LogP contribution in [0, 0.1) is 0 Å². The van der Waals surface area contributed by atoms with Gasteiger partial charge in [0.25, 0.3) is 11.7 Å². The van der Waals surface area contributed by atoms with Crippen LogP contribution in [0.1, 0.15) is 24.1 Å².